The Bertz CT molecular complexity index is 1160. The maximum atomic E-state index is 12.8. The summed E-state index contributed by atoms with van der Waals surface area (Å²) in [5.74, 6) is -6.16. The van der Waals surface area contributed by atoms with Crippen molar-refractivity contribution in [3.63, 3.8) is 0 Å². The lowest BCUT2D eigenvalue weighted by Gasteiger charge is -2.23. The molecule has 0 spiro atoms. The van der Waals surface area contributed by atoms with Gasteiger partial charge in [-0.1, -0.05) is 36.4 Å². The van der Waals surface area contributed by atoms with Crippen molar-refractivity contribution in [3.05, 3.63) is 95.9 Å². The predicted octanol–water partition coefficient (Wildman–Crippen LogP) is 1.58. The lowest BCUT2D eigenvalue weighted by Crippen LogP contribution is -2.54. The number of carboxylic acids is 1. The van der Waals surface area contributed by atoms with Crippen LogP contribution in [0, 0.1) is 0 Å². The van der Waals surface area contributed by atoms with E-state index in [4.69, 9.17) is 13.9 Å². The molecule has 1 heterocycles. The van der Waals surface area contributed by atoms with Gasteiger partial charge in [0, 0.05) is 0 Å². The van der Waals surface area contributed by atoms with Gasteiger partial charge in [-0.15, -0.1) is 0 Å². The summed E-state index contributed by atoms with van der Waals surface area (Å²) in [7, 11) is 0. The number of amides is 2. The number of hydrogen-bond acceptors (Lipinski definition) is 8. The quantitative estimate of drug-likeness (QED) is 0.330. The summed E-state index contributed by atoms with van der Waals surface area (Å²) in [6.07, 6.45) is -3.17. The lowest BCUT2D eigenvalue weighted by atomic mass is 10.1. The van der Waals surface area contributed by atoms with Crippen molar-refractivity contribution in [2.45, 2.75) is 12.2 Å². The van der Waals surface area contributed by atoms with E-state index in [-0.39, 0.29) is 16.9 Å². The summed E-state index contributed by atoms with van der Waals surface area (Å²) in [4.78, 5) is 61.6. The second kappa shape index (κ2) is 11.1. The largest absolute Gasteiger partial charge is 0.478 e. The first-order chi connectivity index (χ1) is 16.4. The van der Waals surface area contributed by atoms with E-state index < -0.39 is 41.9 Å². The monoisotopic (exact) mass is 466 g/mol. The summed E-state index contributed by atoms with van der Waals surface area (Å²) in [5, 5.41) is 9.65. The molecule has 2 aromatic carbocycles. The third-order valence-electron chi connectivity index (χ3n) is 4.31. The van der Waals surface area contributed by atoms with Crippen LogP contribution >= 0.6 is 0 Å². The Morgan fingerprint density at radius 3 is 1.71 bits per heavy atom. The zero-order valence-electron chi connectivity index (χ0n) is 17.4. The molecule has 174 valence electrons. The van der Waals surface area contributed by atoms with Crippen LogP contribution in [0.25, 0.3) is 0 Å². The molecule has 0 radical (unpaired) electrons. The van der Waals surface area contributed by atoms with E-state index in [1.165, 1.54) is 66.9 Å². The van der Waals surface area contributed by atoms with Crippen LogP contribution in [0.1, 0.15) is 31.3 Å². The Balaban J connectivity index is 1.82. The number of carbonyl (C=O) groups is 5. The van der Waals surface area contributed by atoms with Crippen LogP contribution in [0.4, 0.5) is 0 Å². The molecule has 3 rings (SSSR count). The van der Waals surface area contributed by atoms with Crippen LogP contribution in [0.15, 0.2) is 83.5 Å². The number of rotatable bonds is 8. The summed E-state index contributed by atoms with van der Waals surface area (Å²) >= 11 is 0. The lowest BCUT2D eigenvalue weighted by molar-refractivity contribution is -0.159. The normalized spacial score (nSPS) is 12.0. The number of aliphatic carboxylic acids is 1. The van der Waals surface area contributed by atoms with Gasteiger partial charge < -0.3 is 19.0 Å². The van der Waals surface area contributed by atoms with Gasteiger partial charge in [0.2, 0.25) is 12.2 Å². The van der Waals surface area contributed by atoms with Crippen LogP contribution in [0.2, 0.25) is 0 Å². The number of hydrogen-bond donors (Lipinski definition) is 3. The number of esters is 2. The van der Waals surface area contributed by atoms with Gasteiger partial charge in [-0.05, 0) is 36.4 Å². The molecule has 11 nitrogen and oxygen atoms in total. The van der Waals surface area contributed by atoms with Crippen molar-refractivity contribution in [2.24, 2.45) is 0 Å². The van der Waals surface area contributed by atoms with Crippen molar-refractivity contribution in [1.82, 2.24) is 10.9 Å². The molecular weight excluding hydrogens is 448 g/mol. The fourth-order valence-electron chi connectivity index (χ4n) is 2.67. The Labute approximate surface area is 192 Å². The van der Waals surface area contributed by atoms with Crippen LogP contribution in [0.5, 0.6) is 0 Å². The van der Waals surface area contributed by atoms with Crippen molar-refractivity contribution in [1.29, 1.82) is 0 Å². The summed E-state index contributed by atoms with van der Waals surface area (Å²) < 4.78 is 15.0. The molecule has 0 aliphatic carbocycles. The van der Waals surface area contributed by atoms with E-state index in [0.717, 1.165) is 0 Å². The number of carbonyl (C=O) groups excluding carboxylic acids is 4. The predicted molar refractivity (Wildman–Crippen MR) is 113 cm³/mol. The van der Waals surface area contributed by atoms with Gasteiger partial charge in [0.1, 0.15) is 0 Å². The molecule has 3 aromatic rings. The zero-order chi connectivity index (χ0) is 24.5. The molecule has 11 heteroatoms. The molecule has 0 unspecified atom stereocenters. The zero-order valence-corrected chi connectivity index (χ0v) is 17.4. The highest BCUT2D eigenvalue weighted by molar-refractivity contribution is 5.98. The van der Waals surface area contributed by atoms with E-state index in [1.54, 1.807) is 12.1 Å². The molecule has 2 amide bonds. The minimum absolute atomic E-state index is 0.00779. The first kappa shape index (κ1) is 23.7. The highest BCUT2D eigenvalue weighted by Gasteiger charge is 2.41. The van der Waals surface area contributed by atoms with Crippen LogP contribution < -0.4 is 10.9 Å². The molecule has 0 bridgehead atoms. The van der Waals surface area contributed by atoms with Crippen LogP contribution in [-0.2, 0) is 19.1 Å². The van der Waals surface area contributed by atoms with E-state index in [9.17, 15) is 29.1 Å². The first-order valence-corrected chi connectivity index (χ1v) is 9.75. The highest BCUT2D eigenvalue weighted by Crippen LogP contribution is 2.13. The van der Waals surface area contributed by atoms with Crippen molar-refractivity contribution in [2.75, 3.05) is 0 Å². The van der Waals surface area contributed by atoms with E-state index in [0.29, 0.717) is 0 Å². The van der Waals surface area contributed by atoms with Gasteiger partial charge in [-0.3, -0.25) is 20.4 Å². The Kier molecular flexibility index (Phi) is 7.74. The maximum Gasteiger partial charge on any atom is 0.349 e. The number of nitrogens with one attached hydrogen (secondary N) is 2. The summed E-state index contributed by atoms with van der Waals surface area (Å²) in [5.41, 5.74) is 3.97. The molecule has 1 aromatic heterocycles. The Hall–Kier alpha value is -4.93. The highest BCUT2D eigenvalue weighted by atomic mass is 16.6. The first-order valence-electron chi connectivity index (χ1n) is 9.75. The third-order valence-corrected chi connectivity index (χ3v) is 4.31. The fraction of sp³-hybridized carbons (Fsp3) is 0.0870. The standard InChI is InChI=1S/C23H18N2O9/c26-19(16-12-7-13-32-16)24-25-20(27)17(33-22(30)14-8-3-1-4-9-14)18(21(28)29)34-23(31)15-10-5-2-6-11-15/h1-13,17-18H,(H,24,26)(H,25,27)(H,28,29)/t17-,18-/m1/s1. The van der Waals surface area contributed by atoms with Gasteiger partial charge in [-0.2, -0.15) is 0 Å². The molecule has 34 heavy (non-hydrogen) atoms. The van der Waals surface area contributed by atoms with Crippen LogP contribution in [0.3, 0.4) is 0 Å². The van der Waals surface area contributed by atoms with Crippen molar-refractivity contribution >= 4 is 29.7 Å². The number of benzene rings is 2. The smallest absolute Gasteiger partial charge is 0.349 e. The molecule has 0 saturated heterocycles. The molecule has 2 atom stereocenters. The minimum Gasteiger partial charge on any atom is -0.478 e. The Morgan fingerprint density at radius 2 is 1.24 bits per heavy atom. The van der Waals surface area contributed by atoms with Gasteiger partial charge in [-0.25, -0.2) is 14.4 Å². The average molecular weight is 466 g/mol. The second-order valence-electron chi connectivity index (χ2n) is 6.64. The second-order valence-corrected chi connectivity index (χ2v) is 6.64. The van der Waals surface area contributed by atoms with E-state index in [1.807, 2.05) is 10.9 Å². The number of ether oxygens (including phenoxy) is 2. The number of furan rings is 1. The summed E-state index contributed by atoms with van der Waals surface area (Å²) in [6.45, 7) is 0. The molecule has 0 aliphatic rings. The SMILES string of the molecule is O=C(O[C@@H](C(=O)O)[C@@H](OC(=O)c1ccccc1)C(=O)NNC(=O)c1ccco1)c1ccccc1. The molecule has 0 saturated carbocycles. The van der Waals surface area contributed by atoms with E-state index >= 15 is 0 Å². The van der Waals surface area contributed by atoms with Crippen molar-refractivity contribution in [3.8, 4) is 0 Å². The van der Waals surface area contributed by atoms with Crippen molar-refractivity contribution < 1.29 is 43.0 Å². The fourth-order valence-corrected chi connectivity index (χ4v) is 2.67. The molecule has 0 fully saturated rings. The topological polar surface area (TPSA) is 161 Å². The van der Waals surface area contributed by atoms with Gasteiger partial charge >= 0.3 is 23.8 Å². The molecule has 3 N–H and O–H groups in total. The average Bonchev–Trinajstić information content (AvgIpc) is 3.40. The number of hydrazine groups is 1. The maximum absolute atomic E-state index is 12.8. The Morgan fingerprint density at radius 1 is 0.706 bits per heavy atom. The molecule has 0 aliphatic heterocycles. The molecular formula is C23H18N2O9. The van der Waals surface area contributed by atoms with Crippen LogP contribution in [-0.4, -0.2) is 47.0 Å². The number of carboxylic acid groups (broad SMARTS) is 1. The van der Waals surface area contributed by atoms with Gasteiger partial charge in [0.15, 0.2) is 5.76 Å². The summed E-state index contributed by atoms with van der Waals surface area (Å²) in [6, 6.07) is 17.6. The van der Waals surface area contributed by atoms with Gasteiger partial charge in [0.05, 0.1) is 17.4 Å². The van der Waals surface area contributed by atoms with E-state index in [2.05, 4.69) is 0 Å². The van der Waals surface area contributed by atoms with Gasteiger partial charge in [0.25, 0.3) is 5.91 Å². The minimum atomic E-state index is -2.24. The third kappa shape index (κ3) is 6.07.